The highest BCUT2D eigenvalue weighted by molar-refractivity contribution is 5.45. The normalized spacial score (nSPS) is 11.7. The molecular formula is C18H22FN5O. The summed E-state index contributed by atoms with van der Waals surface area (Å²) >= 11 is 0. The zero-order valence-corrected chi connectivity index (χ0v) is 14.9. The first-order valence-corrected chi connectivity index (χ1v) is 8.17. The lowest BCUT2D eigenvalue weighted by Crippen LogP contribution is -2.26. The zero-order chi connectivity index (χ0) is 18.0. The number of halogens is 1. The zero-order valence-electron chi connectivity index (χ0n) is 14.9. The van der Waals surface area contributed by atoms with E-state index in [1.54, 1.807) is 16.6 Å². The van der Waals surface area contributed by atoms with E-state index in [1.807, 2.05) is 24.1 Å². The van der Waals surface area contributed by atoms with E-state index < -0.39 is 0 Å². The second-order valence-corrected chi connectivity index (χ2v) is 6.96. The molecule has 1 aromatic carbocycles. The summed E-state index contributed by atoms with van der Waals surface area (Å²) in [6, 6.07) is 9.82. The fraction of sp³-hybridized carbons (Fsp3) is 0.389. The highest BCUT2D eigenvalue weighted by Crippen LogP contribution is 2.21. The molecule has 132 valence electrons. The Morgan fingerprint density at radius 3 is 2.48 bits per heavy atom. The largest absolute Gasteiger partial charge is 0.492 e. The molecule has 6 nitrogen and oxygen atoms in total. The molecule has 3 aromatic rings. The molecule has 0 unspecified atom stereocenters. The Morgan fingerprint density at radius 1 is 1.08 bits per heavy atom. The third kappa shape index (κ3) is 3.87. The molecule has 0 saturated carbocycles. The summed E-state index contributed by atoms with van der Waals surface area (Å²) in [5.41, 5.74) is 0.583. The van der Waals surface area contributed by atoms with Crippen LogP contribution < -0.4 is 9.64 Å². The van der Waals surface area contributed by atoms with E-state index in [1.165, 1.54) is 12.1 Å². The maximum Gasteiger partial charge on any atom is 0.178 e. The van der Waals surface area contributed by atoms with E-state index in [9.17, 15) is 4.39 Å². The molecule has 2 aromatic heterocycles. The van der Waals surface area contributed by atoms with Crippen LogP contribution >= 0.6 is 0 Å². The standard InChI is InChI=1S/C18H22FN5O/c1-18(2,3)17-21-20-15-9-10-16(22-24(15)17)23(4)11-12-25-14-7-5-13(19)6-8-14/h5-10H,11-12H2,1-4H3. The number of ether oxygens (including phenoxy) is 1. The second kappa shape index (κ2) is 6.66. The summed E-state index contributed by atoms with van der Waals surface area (Å²) in [6.45, 7) is 7.35. The van der Waals surface area contributed by atoms with Crippen molar-refractivity contribution >= 4 is 11.5 Å². The Labute approximate surface area is 146 Å². The fourth-order valence-corrected chi connectivity index (χ4v) is 2.40. The number of anilines is 1. The number of rotatable bonds is 5. The summed E-state index contributed by atoms with van der Waals surface area (Å²) in [6.07, 6.45) is 0. The van der Waals surface area contributed by atoms with Crippen molar-refractivity contribution in [3.05, 3.63) is 48.0 Å². The van der Waals surface area contributed by atoms with Crippen molar-refractivity contribution in [3.8, 4) is 5.75 Å². The molecule has 0 bridgehead atoms. The minimum absolute atomic E-state index is 0.144. The molecule has 25 heavy (non-hydrogen) atoms. The van der Waals surface area contributed by atoms with Crippen molar-refractivity contribution in [2.24, 2.45) is 0 Å². The van der Waals surface area contributed by atoms with E-state index >= 15 is 0 Å². The third-order valence-electron chi connectivity index (χ3n) is 3.82. The highest BCUT2D eigenvalue weighted by Gasteiger charge is 2.22. The molecule has 0 N–H and O–H groups in total. The highest BCUT2D eigenvalue weighted by atomic mass is 19.1. The first-order chi connectivity index (χ1) is 11.8. The van der Waals surface area contributed by atoms with Crippen LogP contribution in [-0.4, -0.2) is 40.0 Å². The van der Waals surface area contributed by atoms with Gasteiger partial charge in [-0.15, -0.1) is 15.3 Å². The van der Waals surface area contributed by atoms with Gasteiger partial charge >= 0.3 is 0 Å². The Balaban J connectivity index is 1.69. The molecule has 0 radical (unpaired) electrons. The van der Waals surface area contributed by atoms with Crippen molar-refractivity contribution in [1.29, 1.82) is 0 Å². The fourth-order valence-electron chi connectivity index (χ4n) is 2.40. The number of hydrogen-bond donors (Lipinski definition) is 0. The molecule has 0 atom stereocenters. The Morgan fingerprint density at radius 2 is 1.80 bits per heavy atom. The summed E-state index contributed by atoms with van der Waals surface area (Å²) in [7, 11) is 1.95. The van der Waals surface area contributed by atoms with Crippen LogP contribution in [-0.2, 0) is 5.41 Å². The molecule has 0 spiro atoms. The average molecular weight is 343 g/mol. The van der Waals surface area contributed by atoms with Gasteiger partial charge in [0.05, 0.1) is 6.54 Å². The third-order valence-corrected chi connectivity index (χ3v) is 3.82. The lowest BCUT2D eigenvalue weighted by atomic mass is 9.96. The van der Waals surface area contributed by atoms with Gasteiger partial charge in [-0.1, -0.05) is 20.8 Å². The van der Waals surface area contributed by atoms with Crippen molar-refractivity contribution in [2.45, 2.75) is 26.2 Å². The quantitative estimate of drug-likeness (QED) is 0.713. The van der Waals surface area contributed by atoms with Gasteiger partial charge in [-0.05, 0) is 36.4 Å². The lowest BCUT2D eigenvalue weighted by Gasteiger charge is -2.19. The molecule has 0 aliphatic rings. The van der Waals surface area contributed by atoms with E-state index in [-0.39, 0.29) is 11.2 Å². The van der Waals surface area contributed by atoms with E-state index in [2.05, 4.69) is 36.1 Å². The van der Waals surface area contributed by atoms with E-state index in [0.29, 0.717) is 18.9 Å². The summed E-state index contributed by atoms with van der Waals surface area (Å²) in [5, 5.41) is 13.1. The van der Waals surface area contributed by atoms with Crippen LogP contribution in [0, 0.1) is 5.82 Å². The number of hydrogen-bond acceptors (Lipinski definition) is 5. The molecule has 0 saturated heterocycles. The van der Waals surface area contributed by atoms with Gasteiger partial charge in [-0.3, -0.25) is 0 Å². The summed E-state index contributed by atoms with van der Waals surface area (Å²) in [4.78, 5) is 2.00. The van der Waals surface area contributed by atoms with Crippen LogP contribution in [0.1, 0.15) is 26.6 Å². The van der Waals surface area contributed by atoms with Crippen molar-refractivity contribution < 1.29 is 9.13 Å². The molecule has 2 heterocycles. The number of benzene rings is 1. The van der Waals surface area contributed by atoms with Gasteiger partial charge in [-0.25, -0.2) is 4.39 Å². The van der Waals surface area contributed by atoms with Crippen LogP contribution in [0.4, 0.5) is 10.2 Å². The van der Waals surface area contributed by atoms with Gasteiger partial charge in [0.25, 0.3) is 0 Å². The molecular weight excluding hydrogens is 321 g/mol. The topological polar surface area (TPSA) is 55.5 Å². The van der Waals surface area contributed by atoms with Crippen LogP contribution in [0.15, 0.2) is 36.4 Å². The Hall–Kier alpha value is -2.70. The van der Waals surface area contributed by atoms with Gasteiger partial charge in [0, 0.05) is 12.5 Å². The minimum atomic E-state index is -0.273. The minimum Gasteiger partial charge on any atom is -0.492 e. The molecule has 3 rings (SSSR count). The van der Waals surface area contributed by atoms with Crippen molar-refractivity contribution in [3.63, 3.8) is 0 Å². The molecule has 7 heteroatoms. The predicted octanol–water partition coefficient (Wildman–Crippen LogP) is 3.08. The molecule has 0 fully saturated rings. The van der Waals surface area contributed by atoms with Crippen LogP contribution in [0.5, 0.6) is 5.75 Å². The average Bonchev–Trinajstić information content (AvgIpc) is 3.00. The maximum atomic E-state index is 12.9. The first kappa shape index (κ1) is 17.1. The van der Waals surface area contributed by atoms with Crippen molar-refractivity contribution in [2.75, 3.05) is 25.1 Å². The smallest absolute Gasteiger partial charge is 0.178 e. The number of nitrogens with zero attached hydrogens (tertiary/aromatic N) is 5. The maximum absolute atomic E-state index is 12.9. The van der Waals surface area contributed by atoms with Crippen LogP contribution in [0.2, 0.25) is 0 Å². The second-order valence-electron chi connectivity index (χ2n) is 6.96. The Kier molecular flexibility index (Phi) is 4.57. The summed E-state index contributed by atoms with van der Waals surface area (Å²) < 4.78 is 20.3. The lowest BCUT2D eigenvalue weighted by molar-refractivity contribution is 0.325. The number of fused-ring (bicyclic) bond motifs is 1. The number of likely N-dealkylation sites (N-methyl/N-ethyl adjacent to an activating group) is 1. The van der Waals surface area contributed by atoms with Gasteiger partial charge in [0.1, 0.15) is 24.0 Å². The number of aromatic nitrogens is 4. The van der Waals surface area contributed by atoms with Gasteiger partial charge in [0.2, 0.25) is 0 Å². The van der Waals surface area contributed by atoms with Gasteiger partial charge in [-0.2, -0.15) is 4.52 Å². The molecule has 0 aliphatic carbocycles. The Bertz CT molecular complexity index is 854. The summed E-state index contributed by atoms with van der Waals surface area (Å²) in [5.74, 6) is 2.00. The SMILES string of the molecule is CN(CCOc1ccc(F)cc1)c1ccc2nnc(C(C)(C)C)n2n1. The first-order valence-electron chi connectivity index (χ1n) is 8.17. The van der Waals surface area contributed by atoms with E-state index in [0.717, 1.165) is 17.3 Å². The van der Waals surface area contributed by atoms with Crippen molar-refractivity contribution in [1.82, 2.24) is 19.8 Å². The van der Waals surface area contributed by atoms with Gasteiger partial charge < -0.3 is 9.64 Å². The molecule has 0 aliphatic heterocycles. The van der Waals surface area contributed by atoms with E-state index in [4.69, 9.17) is 4.74 Å². The molecule has 0 amide bonds. The predicted molar refractivity (Wildman–Crippen MR) is 94.6 cm³/mol. The van der Waals surface area contributed by atoms with Crippen LogP contribution in [0.25, 0.3) is 5.65 Å². The van der Waals surface area contributed by atoms with Gasteiger partial charge in [0.15, 0.2) is 11.5 Å². The van der Waals surface area contributed by atoms with Crippen LogP contribution in [0.3, 0.4) is 0 Å². The monoisotopic (exact) mass is 343 g/mol.